The lowest BCUT2D eigenvalue weighted by Gasteiger charge is -2.25. The highest BCUT2D eigenvalue weighted by atomic mass is 16.3. The van der Waals surface area contributed by atoms with Crippen molar-refractivity contribution in [3.05, 3.63) is 12.4 Å². The molecular formula is C10H19N5O. The lowest BCUT2D eigenvalue weighted by molar-refractivity contribution is 0.0456. The van der Waals surface area contributed by atoms with Crippen molar-refractivity contribution < 1.29 is 5.11 Å². The van der Waals surface area contributed by atoms with Crippen molar-refractivity contribution in [1.29, 1.82) is 0 Å². The summed E-state index contributed by atoms with van der Waals surface area (Å²) in [6.07, 6.45) is 2.81. The third-order valence-electron chi connectivity index (χ3n) is 2.73. The molecule has 1 aromatic heterocycles. The van der Waals surface area contributed by atoms with E-state index in [1.54, 1.807) is 6.07 Å². The highest BCUT2D eigenvalue weighted by molar-refractivity contribution is 5.45. The second-order valence-electron chi connectivity index (χ2n) is 3.72. The first kappa shape index (κ1) is 12.7. The van der Waals surface area contributed by atoms with Crippen LogP contribution in [0.15, 0.2) is 12.4 Å². The lowest BCUT2D eigenvalue weighted by atomic mass is 9.98. The van der Waals surface area contributed by atoms with Crippen molar-refractivity contribution in [2.24, 2.45) is 5.84 Å². The molecule has 0 aromatic carbocycles. The molecule has 0 atom stereocenters. The normalized spacial score (nSPS) is 11.2. The van der Waals surface area contributed by atoms with Gasteiger partial charge < -0.3 is 15.8 Å². The molecule has 0 saturated heterocycles. The van der Waals surface area contributed by atoms with Gasteiger partial charge in [-0.25, -0.2) is 15.8 Å². The number of nitrogens with zero attached hydrogens (tertiary/aromatic N) is 2. The molecule has 5 N–H and O–H groups in total. The van der Waals surface area contributed by atoms with E-state index in [1.165, 1.54) is 6.33 Å². The highest BCUT2D eigenvalue weighted by Crippen LogP contribution is 2.16. The van der Waals surface area contributed by atoms with Crippen molar-refractivity contribution in [1.82, 2.24) is 9.97 Å². The Morgan fingerprint density at radius 1 is 1.31 bits per heavy atom. The van der Waals surface area contributed by atoms with E-state index in [9.17, 15) is 5.11 Å². The lowest BCUT2D eigenvalue weighted by Crippen LogP contribution is -2.35. The quantitative estimate of drug-likeness (QED) is 0.421. The van der Waals surface area contributed by atoms with Gasteiger partial charge in [-0.2, -0.15) is 0 Å². The summed E-state index contributed by atoms with van der Waals surface area (Å²) in [6.45, 7) is 4.37. The van der Waals surface area contributed by atoms with Crippen molar-refractivity contribution in [2.45, 2.75) is 32.3 Å². The zero-order valence-electron chi connectivity index (χ0n) is 9.70. The van der Waals surface area contributed by atoms with Crippen molar-refractivity contribution >= 4 is 11.6 Å². The standard InChI is InChI=1S/C10H19N5O/c1-3-10(16,4-2)6-12-8-5-9(15-11)14-7-13-8/h5,7,16H,3-4,6,11H2,1-2H3,(H2,12,13,14,15). The molecule has 90 valence electrons. The Balaban J connectivity index is 2.60. The van der Waals surface area contributed by atoms with Crippen molar-refractivity contribution in [2.75, 3.05) is 17.3 Å². The minimum atomic E-state index is -0.693. The molecule has 6 heteroatoms. The van der Waals surface area contributed by atoms with E-state index in [0.29, 0.717) is 31.0 Å². The topological polar surface area (TPSA) is 96.1 Å². The van der Waals surface area contributed by atoms with E-state index >= 15 is 0 Å². The molecule has 0 radical (unpaired) electrons. The molecule has 0 fully saturated rings. The number of anilines is 2. The number of nitrogens with one attached hydrogen (secondary N) is 2. The molecule has 0 aliphatic carbocycles. The van der Waals surface area contributed by atoms with Crippen LogP contribution in [0, 0.1) is 0 Å². The second-order valence-corrected chi connectivity index (χ2v) is 3.72. The van der Waals surface area contributed by atoms with Crippen LogP contribution < -0.4 is 16.6 Å². The summed E-state index contributed by atoms with van der Waals surface area (Å²) in [5.74, 6) is 6.41. The summed E-state index contributed by atoms with van der Waals surface area (Å²) >= 11 is 0. The van der Waals surface area contributed by atoms with Crippen LogP contribution in [0.2, 0.25) is 0 Å². The van der Waals surface area contributed by atoms with Crippen LogP contribution in [-0.2, 0) is 0 Å². The van der Waals surface area contributed by atoms with Crippen LogP contribution in [0.3, 0.4) is 0 Å². The number of hydrazine groups is 1. The molecule has 0 amide bonds. The maximum Gasteiger partial charge on any atom is 0.145 e. The Hall–Kier alpha value is -1.40. The fourth-order valence-electron chi connectivity index (χ4n) is 1.29. The van der Waals surface area contributed by atoms with Gasteiger partial charge in [0.1, 0.15) is 18.0 Å². The van der Waals surface area contributed by atoms with Gasteiger partial charge in [-0.1, -0.05) is 13.8 Å². The number of rotatable bonds is 6. The van der Waals surface area contributed by atoms with Gasteiger partial charge in [-0.3, -0.25) is 0 Å². The molecule has 16 heavy (non-hydrogen) atoms. The van der Waals surface area contributed by atoms with Gasteiger partial charge in [0.05, 0.1) is 5.60 Å². The van der Waals surface area contributed by atoms with Crippen molar-refractivity contribution in [3.8, 4) is 0 Å². The molecule has 0 spiro atoms. The molecule has 0 aliphatic heterocycles. The number of hydrogen-bond donors (Lipinski definition) is 4. The first-order chi connectivity index (χ1) is 7.63. The average molecular weight is 225 g/mol. The third-order valence-corrected chi connectivity index (χ3v) is 2.73. The number of hydrogen-bond acceptors (Lipinski definition) is 6. The Morgan fingerprint density at radius 2 is 1.94 bits per heavy atom. The smallest absolute Gasteiger partial charge is 0.145 e. The van der Waals surface area contributed by atoms with Gasteiger partial charge in [0.15, 0.2) is 0 Å². The molecule has 1 rings (SSSR count). The van der Waals surface area contributed by atoms with E-state index < -0.39 is 5.60 Å². The van der Waals surface area contributed by atoms with Crippen LogP contribution in [0.1, 0.15) is 26.7 Å². The molecule has 0 saturated carbocycles. The fraction of sp³-hybridized carbons (Fsp3) is 0.600. The largest absolute Gasteiger partial charge is 0.388 e. The molecule has 0 unspecified atom stereocenters. The Morgan fingerprint density at radius 3 is 2.50 bits per heavy atom. The van der Waals surface area contributed by atoms with E-state index in [4.69, 9.17) is 5.84 Å². The van der Waals surface area contributed by atoms with Gasteiger partial charge >= 0.3 is 0 Å². The van der Waals surface area contributed by atoms with Crippen LogP contribution >= 0.6 is 0 Å². The van der Waals surface area contributed by atoms with E-state index in [0.717, 1.165) is 0 Å². The van der Waals surface area contributed by atoms with Gasteiger partial charge in [-0.05, 0) is 12.8 Å². The molecule has 6 nitrogen and oxygen atoms in total. The zero-order chi connectivity index (χ0) is 12.0. The molecular weight excluding hydrogens is 206 g/mol. The van der Waals surface area contributed by atoms with Crippen LogP contribution in [0.25, 0.3) is 0 Å². The Labute approximate surface area is 95.3 Å². The Bertz CT molecular complexity index is 327. The first-order valence-electron chi connectivity index (χ1n) is 5.38. The van der Waals surface area contributed by atoms with E-state index in [2.05, 4.69) is 20.7 Å². The predicted molar refractivity (Wildman–Crippen MR) is 63.9 cm³/mol. The molecule has 1 heterocycles. The number of nitrogen functional groups attached to an aromatic ring is 1. The van der Waals surface area contributed by atoms with Crippen LogP contribution in [-0.4, -0.2) is 27.2 Å². The maximum absolute atomic E-state index is 10.1. The molecule has 0 bridgehead atoms. The average Bonchev–Trinajstić information content (AvgIpc) is 2.36. The maximum atomic E-state index is 10.1. The van der Waals surface area contributed by atoms with Crippen molar-refractivity contribution in [3.63, 3.8) is 0 Å². The summed E-state index contributed by atoms with van der Waals surface area (Å²) < 4.78 is 0. The van der Waals surface area contributed by atoms with Gasteiger partial charge in [-0.15, -0.1) is 0 Å². The van der Waals surface area contributed by atoms with Gasteiger partial charge in [0.25, 0.3) is 0 Å². The summed E-state index contributed by atoms with van der Waals surface area (Å²) in [5.41, 5.74) is 1.75. The zero-order valence-corrected chi connectivity index (χ0v) is 9.70. The minimum absolute atomic E-state index is 0.459. The second kappa shape index (κ2) is 5.62. The van der Waals surface area contributed by atoms with E-state index in [1.807, 2.05) is 13.8 Å². The first-order valence-corrected chi connectivity index (χ1v) is 5.38. The summed E-state index contributed by atoms with van der Waals surface area (Å²) in [4.78, 5) is 7.92. The molecule has 1 aromatic rings. The SMILES string of the molecule is CCC(O)(CC)CNc1cc(NN)ncn1. The van der Waals surface area contributed by atoms with Gasteiger partial charge in [0.2, 0.25) is 0 Å². The minimum Gasteiger partial charge on any atom is -0.388 e. The summed E-state index contributed by atoms with van der Waals surface area (Å²) in [6, 6.07) is 1.69. The summed E-state index contributed by atoms with van der Waals surface area (Å²) in [7, 11) is 0. The highest BCUT2D eigenvalue weighted by Gasteiger charge is 2.21. The third kappa shape index (κ3) is 3.32. The summed E-state index contributed by atoms with van der Waals surface area (Å²) in [5, 5.41) is 13.1. The van der Waals surface area contributed by atoms with Gasteiger partial charge in [0, 0.05) is 12.6 Å². The van der Waals surface area contributed by atoms with Crippen LogP contribution in [0.4, 0.5) is 11.6 Å². The molecule has 0 aliphatic rings. The monoisotopic (exact) mass is 225 g/mol. The van der Waals surface area contributed by atoms with E-state index in [-0.39, 0.29) is 0 Å². The number of nitrogens with two attached hydrogens (primary N) is 1. The number of aromatic nitrogens is 2. The predicted octanol–water partition coefficient (Wildman–Crippen LogP) is 0.725. The Kier molecular flexibility index (Phi) is 4.45. The van der Waals surface area contributed by atoms with Crippen LogP contribution in [0.5, 0.6) is 0 Å². The fourth-order valence-corrected chi connectivity index (χ4v) is 1.29. The number of aliphatic hydroxyl groups is 1.